The molecule has 6 aliphatic heterocycles. The van der Waals surface area contributed by atoms with Gasteiger partial charge in [-0.05, 0) is 265 Å². The summed E-state index contributed by atoms with van der Waals surface area (Å²) in [5, 5.41) is 31.5. The molecule has 6 aliphatic rings. The van der Waals surface area contributed by atoms with E-state index in [2.05, 4.69) is 125 Å². The normalized spacial score (nSPS) is 19.9. The molecule has 0 saturated carbocycles. The maximum atomic E-state index is 14.2. The van der Waals surface area contributed by atoms with Crippen LogP contribution in [0.4, 0.5) is 21.8 Å². The molecule has 0 aliphatic carbocycles. The van der Waals surface area contributed by atoms with Gasteiger partial charge in [-0.15, -0.1) is 0 Å². The molecule has 18 nitrogen and oxygen atoms in total. The number of benzene rings is 3. The van der Waals surface area contributed by atoms with Gasteiger partial charge in [-0.1, -0.05) is 86.0 Å². The van der Waals surface area contributed by atoms with E-state index in [0.29, 0.717) is 31.4 Å². The minimum absolute atomic E-state index is 0.0125. The number of aryl methyl sites for hydroxylation is 6. The van der Waals surface area contributed by atoms with Crippen molar-refractivity contribution >= 4 is 23.2 Å². The van der Waals surface area contributed by atoms with E-state index in [1.165, 1.54) is 41.7 Å². The second-order valence-electron chi connectivity index (χ2n) is 31.7. The number of nitrogens with zero attached hydrogens (tertiary/aromatic N) is 6. The van der Waals surface area contributed by atoms with Gasteiger partial charge in [-0.25, -0.2) is 19.3 Å². The number of ketones is 1. The van der Waals surface area contributed by atoms with E-state index in [1.54, 1.807) is 13.0 Å². The first-order valence-electron chi connectivity index (χ1n) is 41.1. The molecule has 0 amide bonds. The van der Waals surface area contributed by atoms with Gasteiger partial charge in [0.15, 0.2) is 5.78 Å². The van der Waals surface area contributed by atoms with E-state index >= 15 is 0 Å². The zero-order valence-corrected chi connectivity index (χ0v) is 67.2. The Balaban J connectivity index is 0.000000174. The number of carbonyl (C=O) groups is 1. The number of carbonyl (C=O) groups excluding carboxylic acids is 1. The molecule has 3 aromatic heterocycles. The van der Waals surface area contributed by atoms with Crippen LogP contribution >= 0.6 is 0 Å². The number of halogens is 1. The number of ether oxygens (including phenoxy) is 6. The van der Waals surface area contributed by atoms with Gasteiger partial charge in [0.05, 0.1) is 73.6 Å². The summed E-state index contributed by atoms with van der Waals surface area (Å²) in [5.74, 6) is 3.23. The number of likely N-dealkylation sites (tertiary alicyclic amines) is 3. The zero-order chi connectivity index (χ0) is 77.3. The average Bonchev–Trinajstić information content (AvgIpc) is 1.78. The Labute approximate surface area is 650 Å². The van der Waals surface area contributed by atoms with Crippen LogP contribution in [0.2, 0.25) is 0 Å². The van der Waals surface area contributed by atoms with E-state index in [1.807, 2.05) is 65.8 Å². The standard InChI is InChI=1S/C30H42FN3O3.2C30H43N3O3/c1-20(2)37-19-24-10-12-25(31)17-28(24)29(22(4)35)34-15-14-27(18-34)36-16-6-5-7-26-13-11-23-9-8-21(3)32-30(23)33-26;2*1-21(2)36-23(4)27-12-5-6-13-28(27)29(22(3)34)33-18-16-26(20-33)35-19-8-7-11-25-15-14-24-10-9-17-31-30(24)32-25/h10-13,17,20-21,27,29H,5-9,14-16,18-19H2,1-4H3,(H,32,33);2*5-6,12-15,21,23,26,29,34H,3,7-11,16-20H2,1-2,4H3,(H,31,32)/t21?,27-,29+;23-,26+,29?;23-,26-,29+/m101/s1. The van der Waals surface area contributed by atoms with Gasteiger partial charge in [0.2, 0.25) is 0 Å². The van der Waals surface area contributed by atoms with Crippen LogP contribution in [0.25, 0.3) is 0 Å². The number of Topliss-reactive ketones (excluding diaryl/α,β-unsaturated/α-hetero) is 1. The lowest BCUT2D eigenvalue weighted by Crippen LogP contribution is -2.33. The highest BCUT2D eigenvalue weighted by Crippen LogP contribution is 2.39. The summed E-state index contributed by atoms with van der Waals surface area (Å²) in [6, 6.07) is 33.8. The first-order chi connectivity index (χ1) is 52.6. The molecule has 3 saturated heterocycles. The molecule has 5 N–H and O–H groups in total. The minimum atomic E-state index is -0.485. The van der Waals surface area contributed by atoms with Crippen LogP contribution in [-0.4, -0.2) is 160 Å². The average molecular weight is 1500 g/mol. The lowest BCUT2D eigenvalue weighted by molar-refractivity contribution is -0.122. The Hall–Kier alpha value is -7.17. The maximum Gasteiger partial charge on any atom is 0.151 e. The van der Waals surface area contributed by atoms with Crippen molar-refractivity contribution in [3.63, 3.8) is 0 Å². The van der Waals surface area contributed by atoms with Crippen LogP contribution in [0.3, 0.4) is 0 Å². The summed E-state index contributed by atoms with van der Waals surface area (Å²) in [5.41, 5.74) is 13.3. The highest BCUT2D eigenvalue weighted by Gasteiger charge is 2.37. The van der Waals surface area contributed by atoms with Crippen molar-refractivity contribution in [3.05, 3.63) is 201 Å². The second-order valence-corrected chi connectivity index (χ2v) is 31.7. The molecule has 9 atom stereocenters. The van der Waals surface area contributed by atoms with Crippen LogP contribution in [0.5, 0.6) is 0 Å². The van der Waals surface area contributed by atoms with Crippen molar-refractivity contribution < 1.29 is 47.8 Å². The fourth-order valence-corrected chi connectivity index (χ4v) is 16.3. The number of unbranched alkanes of at least 4 members (excludes halogenated alkanes) is 3. The quantitative estimate of drug-likeness (QED) is 0.0184. The zero-order valence-electron chi connectivity index (χ0n) is 67.2. The third-order valence-corrected chi connectivity index (χ3v) is 21.7. The molecular formula is C90H128FN9O9. The van der Waals surface area contributed by atoms with E-state index in [-0.39, 0.29) is 84.0 Å². The number of aromatic nitrogens is 3. The van der Waals surface area contributed by atoms with Crippen molar-refractivity contribution in [3.8, 4) is 0 Å². The van der Waals surface area contributed by atoms with Crippen LogP contribution in [0.15, 0.2) is 128 Å². The second kappa shape index (κ2) is 42.5. The lowest BCUT2D eigenvalue weighted by atomic mass is 9.95. The number of fused-ring (bicyclic) bond motifs is 3. The van der Waals surface area contributed by atoms with Crippen molar-refractivity contribution in [2.24, 2.45) is 0 Å². The van der Waals surface area contributed by atoms with Gasteiger partial charge in [-0.3, -0.25) is 19.5 Å². The predicted octanol–water partition coefficient (Wildman–Crippen LogP) is 17.9. The summed E-state index contributed by atoms with van der Waals surface area (Å²) in [4.78, 5) is 33.9. The molecule has 3 aromatic carbocycles. The molecule has 3 fully saturated rings. The monoisotopic (exact) mass is 1500 g/mol. The maximum absolute atomic E-state index is 14.2. The van der Waals surface area contributed by atoms with E-state index in [9.17, 15) is 19.4 Å². The van der Waals surface area contributed by atoms with Crippen molar-refractivity contribution in [2.75, 3.05) is 88.1 Å². The molecular weight excluding hydrogens is 1370 g/mol. The Morgan fingerprint density at radius 2 is 0.927 bits per heavy atom. The van der Waals surface area contributed by atoms with Gasteiger partial charge in [-0.2, -0.15) is 0 Å². The fourth-order valence-electron chi connectivity index (χ4n) is 16.3. The van der Waals surface area contributed by atoms with Crippen LogP contribution < -0.4 is 16.0 Å². The van der Waals surface area contributed by atoms with E-state index < -0.39 is 6.04 Å². The minimum Gasteiger partial charge on any atom is -0.511 e. The molecule has 109 heavy (non-hydrogen) atoms. The largest absolute Gasteiger partial charge is 0.511 e. The molecule has 12 rings (SSSR count). The Morgan fingerprint density at radius 1 is 0.514 bits per heavy atom. The Kier molecular flexibility index (Phi) is 32.8. The first-order valence-corrected chi connectivity index (χ1v) is 41.1. The summed E-state index contributed by atoms with van der Waals surface area (Å²) in [6.45, 7) is 37.2. The smallest absolute Gasteiger partial charge is 0.151 e. The molecule has 0 radical (unpaired) electrons. The summed E-state index contributed by atoms with van der Waals surface area (Å²) < 4.78 is 50.8. The van der Waals surface area contributed by atoms with Crippen molar-refractivity contribution in [2.45, 2.75) is 264 Å². The van der Waals surface area contributed by atoms with Crippen molar-refractivity contribution in [1.29, 1.82) is 0 Å². The topological polar surface area (TPSA) is 197 Å². The van der Waals surface area contributed by atoms with Gasteiger partial charge in [0.25, 0.3) is 0 Å². The Bertz CT molecular complexity index is 3690. The number of rotatable bonds is 36. The van der Waals surface area contributed by atoms with Gasteiger partial charge in [0, 0.05) is 95.3 Å². The van der Waals surface area contributed by atoms with Gasteiger partial charge >= 0.3 is 0 Å². The number of hydrogen-bond donors (Lipinski definition) is 5. The highest BCUT2D eigenvalue weighted by molar-refractivity contribution is 5.83. The Morgan fingerprint density at radius 3 is 1.34 bits per heavy atom. The number of anilines is 3. The van der Waals surface area contributed by atoms with Crippen LogP contribution in [0.1, 0.15) is 244 Å². The van der Waals surface area contributed by atoms with E-state index in [0.717, 1.165) is 224 Å². The third-order valence-electron chi connectivity index (χ3n) is 21.7. The number of hydrogen-bond acceptors (Lipinski definition) is 18. The van der Waals surface area contributed by atoms with Crippen LogP contribution in [-0.2, 0) is 78.3 Å². The highest BCUT2D eigenvalue weighted by atomic mass is 19.1. The molecule has 0 spiro atoms. The number of pyridine rings is 3. The number of nitrogens with one attached hydrogen (secondary N) is 3. The third kappa shape index (κ3) is 25.2. The van der Waals surface area contributed by atoms with Crippen LogP contribution in [0, 0.1) is 5.82 Å². The number of aliphatic hydroxyl groups excluding tert-OH is 2. The summed E-state index contributed by atoms with van der Waals surface area (Å²) in [6.07, 6.45) is 19.4. The SMILES string of the molecule is C=C(O)C(c1ccccc1[C@H](C)OC(C)C)N1CC[C@@H](OCCCCc2ccc3c(n2)NCCC3)C1.C=C(O)[C@@H](c1ccccc1[C@@H](C)OC(C)C)N1CC[C@@H](OCCCCc2ccc3c(n2)NCCC3)C1.CC(=O)[C@@H](c1cc(F)ccc1COC(C)C)N1CC[C@@H](OCCCCc2ccc3c(n2)NC(C)CC3)C1. The van der Waals surface area contributed by atoms with Gasteiger partial charge in [0.1, 0.15) is 34.8 Å². The number of aliphatic hydroxyl groups is 2. The van der Waals surface area contributed by atoms with Crippen molar-refractivity contribution in [1.82, 2.24) is 29.7 Å². The molecule has 9 heterocycles. The molecule has 19 heteroatoms. The predicted molar refractivity (Wildman–Crippen MR) is 435 cm³/mol. The summed E-state index contributed by atoms with van der Waals surface area (Å²) >= 11 is 0. The molecule has 6 aromatic rings. The molecule has 0 bridgehead atoms. The lowest BCUT2D eigenvalue weighted by Gasteiger charge is -2.30. The molecule has 594 valence electrons. The summed E-state index contributed by atoms with van der Waals surface area (Å²) in [7, 11) is 0. The molecule has 2 unspecified atom stereocenters. The van der Waals surface area contributed by atoms with Gasteiger partial charge < -0.3 is 54.6 Å². The first kappa shape index (κ1) is 84.3. The van der Waals surface area contributed by atoms with E-state index in [4.69, 9.17) is 43.4 Å². The fraction of sp³-hybridized carbons (Fsp3) is 0.578.